The van der Waals surface area contributed by atoms with Gasteiger partial charge in [-0.3, -0.25) is 4.79 Å². The zero-order valence-corrected chi connectivity index (χ0v) is 11.5. The molecule has 4 nitrogen and oxygen atoms in total. The molecule has 1 saturated heterocycles. The van der Waals surface area contributed by atoms with E-state index in [0.29, 0.717) is 0 Å². The van der Waals surface area contributed by atoms with Crippen LogP contribution in [0.25, 0.3) is 6.08 Å². The minimum Gasteiger partial charge on any atom is -0.497 e. The molecule has 19 heavy (non-hydrogen) atoms. The average Bonchev–Trinajstić information content (AvgIpc) is 2.46. The minimum atomic E-state index is 0.0870. The Balaban J connectivity index is 1.92. The van der Waals surface area contributed by atoms with Gasteiger partial charge in [0.15, 0.2) is 0 Å². The molecule has 4 heteroatoms. The highest BCUT2D eigenvalue weighted by Gasteiger charge is 2.16. The highest BCUT2D eigenvalue weighted by molar-refractivity contribution is 5.91. The normalized spacial score (nSPS) is 16.8. The van der Waals surface area contributed by atoms with Crippen LogP contribution >= 0.6 is 0 Å². The molecule has 1 fully saturated rings. The summed E-state index contributed by atoms with van der Waals surface area (Å²) >= 11 is 0. The third-order valence-electron chi connectivity index (χ3n) is 3.35. The number of amides is 1. The van der Waals surface area contributed by atoms with Crippen LogP contribution in [-0.2, 0) is 4.79 Å². The van der Waals surface area contributed by atoms with Crippen molar-refractivity contribution >= 4 is 12.0 Å². The predicted molar refractivity (Wildman–Crippen MR) is 76.1 cm³/mol. The fourth-order valence-corrected chi connectivity index (χ4v) is 2.01. The van der Waals surface area contributed by atoms with E-state index in [1.54, 1.807) is 13.2 Å². The van der Waals surface area contributed by atoms with Crippen LogP contribution in [0.1, 0.15) is 5.56 Å². The van der Waals surface area contributed by atoms with Gasteiger partial charge in [-0.2, -0.15) is 0 Å². The van der Waals surface area contributed by atoms with Crippen LogP contribution in [0, 0.1) is 0 Å². The van der Waals surface area contributed by atoms with Crippen LogP contribution in [0.5, 0.6) is 5.75 Å². The maximum absolute atomic E-state index is 12.0. The number of hydrogen-bond acceptors (Lipinski definition) is 3. The fourth-order valence-electron chi connectivity index (χ4n) is 2.01. The van der Waals surface area contributed by atoms with Crippen molar-refractivity contribution in [2.45, 2.75) is 0 Å². The van der Waals surface area contributed by atoms with E-state index in [-0.39, 0.29) is 5.91 Å². The van der Waals surface area contributed by atoms with E-state index >= 15 is 0 Å². The molecule has 1 aliphatic rings. The van der Waals surface area contributed by atoms with Crippen molar-refractivity contribution in [1.29, 1.82) is 0 Å². The lowest BCUT2D eigenvalue weighted by molar-refractivity contribution is -0.127. The van der Waals surface area contributed by atoms with Gasteiger partial charge in [-0.15, -0.1) is 0 Å². The molecule has 1 amide bonds. The molecule has 1 aromatic carbocycles. The van der Waals surface area contributed by atoms with Gasteiger partial charge in [0.25, 0.3) is 0 Å². The van der Waals surface area contributed by atoms with Crippen molar-refractivity contribution in [3.05, 3.63) is 35.9 Å². The van der Waals surface area contributed by atoms with Crippen molar-refractivity contribution in [2.24, 2.45) is 0 Å². The van der Waals surface area contributed by atoms with E-state index in [2.05, 4.69) is 11.9 Å². The second-order valence-electron chi connectivity index (χ2n) is 4.74. The molecule has 2 rings (SSSR count). The van der Waals surface area contributed by atoms with E-state index < -0.39 is 0 Å². The molecule has 0 unspecified atom stereocenters. The van der Waals surface area contributed by atoms with Crippen LogP contribution in [0.2, 0.25) is 0 Å². The molecular formula is C15H20N2O2. The largest absolute Gasteiger partial charge is 0.497 e. The monoisotopic (exact) mass is 260 g/mol. The van der Waals surface area contributed by atoms with Gasteiger partial charge in [0.1, 0.15) is 5.75 Å². The Kier molecular flexibility index (Phi) is 4.58. The molecule has 0 N–H and O–H groups in total. The van der Waals surface area contributed by atoms with Gasteiger partial charge in [0.2, 0.25) is 5.91 Å². The number of likely N-dealkylation sites (N-methyl/N-ethyl adjacent to an activating group) is 1. The van der Waals surface area contributed by atoms with Gasteiger partial charge in [-0.05, 0) is 30.8 Å². The topological polar surface area (TPSA) is 32.8 Å². The number of piperazine rings is 1. The first kappa shape index (κ1) is 13.6. The number of methoxy groups -OCH3 is 1. The lowest BCUT2D eigenvalue weighted by Gasteiger charge is -2.31. The molecule has 0 radical (unpaired) electrons. The Morgan fingerprint density at radius 2 is 1.79 bits per heavy atom. The first-order valence-electron chi connectivity index (χ1n) is 6.48. The molecular weight excluding hydrogens is 240 g/mol. The molecule has 0 spiro atoms. The number of nitrogens with zero attached hydrogens (tertiary/aromatic N) is 2. The Morgan fingerprint density at radius 3 is 2.37 bits per heavy atom. The molecule has 0 aromatic heterocycles. The lowest BCUT2D eigenvalue weighted by Crippen LogP contribution is -2.46. The first-order chi connectivity index (χ1) is 9.19. The van der Waals surface area contributed by atoms with Gasteiger partial charge < -0.3 is 14.5 Å². The Hall–Kier alpha value is -1.81. The third kappa shape index (κ3) is 3.83. The van der Waals surface area contributed by atoms with E-state index in [9.17, 15) is 4.79 Å². The minimum absolute atomic E-state index is 0.0870. The lowest BCUT2D eigenvalue weighted by atomic mass is 10.2. The molecule has 0 bridgehead atoms. The van der Waals surface area contributed by atoms with Gasteiger partial charge in [0.05, 0.1) is 7.11 Å². The van der Waals surface area contributed by atoms with Gasteiger partial charge in [0, 0.05) is 32.3 Å². The summed E-state index contributed by atoms with van der Waals surface area (Å²) in [7, 11) is 3.72. The number of carbonyl (C=O) groups is 1. The highest BCUT2D eigenvalue weighted by atomic mass is 16.5. The Labute approximate surface area is 114 Å². The number of ether oxygens (including phenoxy) is 1. The fraction of sp³-hybridized carbons (Fsp3) is 0.400. The van der Waals surface area contributed by atoms with Crippen LogP contribution in [0.4, 0.5) is 0 Å². The van der Waals surface area contributed by atoms with Gasteiger partial charge >= 0.3 is 0 Å². The molecule has 102 valence electrons. The molecule has 0 atom stereocenters. The summed E-state index contributed by atoms with van der Waals surface area (Å²) in [6.07, 6.45) is 3.49. The molecule has 1 heterocycles. The molecule has 0 aliphatic carbocycles. The SMILES string of the molecule is COc1ccc(C=CC(=O)N2CCN(C)CC2)cc1. The second-order valence-corrected chi connectivity index (χ2v) is 4.74. The summed E-state index contributed by atoms with van der Waals surface area (Å²) < 4.78 is 5.10. The highest BCUT2D eigenvalue weighted by Crippen LogP contribution is 2.12. The summed E-state index contributed by atoms with van der Waals surface area (Å²) in [4.78, 5) is 16.1. The van der Waals surface area contributed by atoms with E-state index in [1.165, 1.54) is 0 Å². The van der Waals surface area contributed by atoms with Gasteiger partial charge in [-0.1, -0.05) is 12.1 Å². The second kappa shape index (κ2) is 6.38. The van der Waals surface area contributed by atoms with Crippen LogP contribution in [-0.4, -0.2) is 56.0 Å². The van der Waals surface area contributed by atoms with Crippen molar-refractivity contribution in [2.75, 3.05) is 40.3 Å². The van der Waals surface area contributed by atoms with E-state index in [1.807, 2.05) is 35.2 Å². The standard InChI is InChI=1S/C15H20N2O2/c1-16-9-11-17(12-10-16)15(18)8-5-13-3-6-14(19-2)7-4-13/h3-8H,9-12H2,1-2H3. The predicted octanol–water partition coefficient (Wildman–Crippen LogP) is 1.48. The first-order valence-corrected chi connectivity index (χ1v) is 6.48. The third-order valence-corrected chi connectivity index (χ3v) is 3.35. The molecule has 1 aliphatic heterocycles. The smallest absolute Gasteiger partial charge is 0.246 e. The Bertz CT molecular complexity index is 446. The van der Waals surface area contributed by atoms with Crippen molar-refractivity contribution in [1.82, 2.24) is 9.80 Å². The summed E-state index contributed by atoms with van der Waals surface area (Å²) in [5.41, 5.74) is 1.00. The quantitative estimate of drug-likeness (QED) is 0.772. The summed E-state index contributed by atoms with van der Waals surface area (Å²) in [6, 6.07) is 7.65. The number of benzene rings is 1. The maximum atomic E-state index is 12.0. The van der Waals surface area contributed by atoms with E-state index in [0.717, 1.165) is 37.5 Å². The summed E-state index contributed by atoms with van der Waals surface area (Å²) in [5, 5.41) is 0. The number of hydrogen-bond donors (Lipinski definition) is 0. The van der Waals surface area contributed by atoms with Gasteiger partial charge in [-0.25, -0.2) is 0 Å². The summed E-state index contributed by atoms with van der Waals surface area (Å²) in [5.74, 6) is 0.909. The molecule has 0 saturated carbocycles. The van der Waals surface area contributed by atoms with Crippen molar-refractivity contribution < 1.29 is 9.53 Å². The van der Waals surface area contributed by atoms with Crippen molar-refractivity contribution in [3.8, 4) is 5.75 Å². The van der Waals surface area contributed by atoms with Crippen LogP contribution < -0.4 is 4.74 Å². The summed E-state index contributed by atoms with van der Waals surface area (Å²) in [6.45, 7) is 3.51. The van der Waals surface area contributed by atoms with E-state index in [4.69, 9.17) is 4.74 Å². The Morgan fingerprint density at radius 1 is 1.16 bits per heavy atom. The molecule has 1 aromatic rings. The zero-order valence-electron chi connectivity index (χ0n) is 11.5. The number of carbonyl (C=O) groups excluding carboxylic acids is 1. The maximum Gasteiger partial charge on any atom is 0.246 e. The number of rotatable bonds is 3. The van der Waals surface area contributed by atoms with Crippen LogP contribution in [0.3, 0.4) is 0 Å². The van der Waals surface area contributed by atoms with Crippen LogP contribution in [0.15, 0.2) is 30.3 Å². The zero-order chi connectivity index (χ0) is 13.7. The van der Waals surface area contributed by atoms with Crippen molar-refractivity contribution in [3.63, 3.8) is 0 Å². The average molecular weight is 260 g/mol.